The van der Waals surface area contributed by atoms with E-state index in [4.69, 9.17) is 5.73 Å². The minimum atomic E-state index is -0.0291. The van der Waals surface area contributed by atoms with Gasteiger partial charge in [-0.2, -0.15) is 0 Å². The SMILES string of the molecule is Cc1c(N)cc(Br)cc1C(=O)NCC1(C)CCCC1. The first-order chi connectivity index (χ1) is 8.91. The van der Waals surface area contributed by atoms with Crippen LogP contribution in [0.3, 0.4) is 0 Å². The van der Waals surface area contributed by atoms with Gasteiger partial charge in [-0.05, 0) is 42.9 Å². The summed E-state index contributed by atoms with van der Waals surface area (Å²) in [6.45, 7) is 4.88. The molecule has 1 aliphatic rings. The average Bonchev–Trinajstić information content (AvgIpc) is 2.78. The first-order valence-corrected chi connectivity index (χ1v) is 7.54. The van der Waals surface area contributed by atoms with Gasteiger partial charge in [0.25, 0.3) is 5.91 Å². The summed E-state index contributed by atoms with van der Waals surface area (Å²) in [7, 11) is 0. The number of nitrogen functional groups attached to an aromatic ring is 1. The molecule has 1 fully saturated rings. The number of halogens is 1. The quantitative estimate of drug-likeness (QED) is 0.834. The summed E-state index contributed by atoms with van der Waals surface area (Å²) in [5.41, 5.74) is 8.31. The van der Waals surface area contributed by atoms with Crippen molar-refractivity contribution in [1.29, 1.82) is 0 Å². The molecule has 3 N–H and O–H groups in total. The molecule has 1 amide bonds. The van der Waals surface area contributed by atoms with Gasteiger partial charge < -0.3 is 11.1 Å². The molecule has 0 radical (unpaired) electrons. The van der Waals surface area contributed by atoms with Crippen molar-refractivity contribution in [3.8, 4) is 0 Å². The fourth-order valence-electron chi connectivity index (χ4n) is 2.73. The third kappa shape index (κ3) is 3.30. The van der Waals surface area contributed by atoms with E-state index in [1.54, 1.807) is 0 Å². The molecule has 3 nitrogen and oxygen atoms in total. The first kappa shape index (κ1) is 14.4. The van der Waals surface area contributed by atoms with Gasteiger partial charge in [0.2, 0.25) is 0 Å². The lowest BCUT2D eigenvalue weighted by Gasteiger charge is -2.24. The van der Waals surface area contributed by atoms with E-state index >= 15 is 0 Å². The van der Waals surface area contributed by atoms with Crippen LogP contribution in [0.15, 0.2) is 16.6 Å². The highest BCUT2D eigenvalue weighted by molar-refractivity contribution is 9.10. The van der Waals surface area contributed by atoms with E-state index in [2.05, 4.69) is 28.2 Å². The Hall–Kier alpha value is -1.03. The van der Waals surface area contributed by atoms with E-state index in [-0.39, 0.29) is 11.3 Å². The monoisotopic (exact) mass is 324 g/mol. The molecule has 0 aliphatic heterocycles. The van der Waals surface area contributed by atoms with Crippen molar-refractivity contribution in [2.45, 2.75) is 39.5 Å². The van der Waals surface area contributed by atoms with Gasteiger partial charge in [0, 0.05) is 22.3 Å². The van der Waals surface area contributed by atoms with Crippen molar-refractivity contribution in [3.05, 3.63) is 27.7 Å². The zero-order valence-electron chi connectivity index (χ0n) is 11.6. The molecule has 1 saturated carbocycles. The number of carbonyl (C=O) groups is 1. The Kier molecular flexibility index (Phi) is 4.19. The molecule has 19 heavy (non-hydrogen) atoms. The van der Waals surface area contributed by atoms with E-state index < -0.39 is 0 Å². The van der Waals surface area contributed by atoms with Gasteiger partial charge in [-0.15, -0.1) is 0 Å². The van der Waals surface area contributed by atoms with Crippen molar-refractivity contribution < 1.29 is 4.79 Å². The predicted octanol–water partition coefficient (Wildman–Crippen LogP) is 3.65. The average molecular weight is 325 g/mol. The summed E-state index contributed by atoms with van der Waals surface area (Å²) in [6, 6.07) is 3.66. The highest BCUT2D eigenvalue weighted by Gasteiger charge is 2.29. The molecule has 0 bridgehead atoms. The van der Waals surface area contributed by atoms with Crippen LogP contribution in [0.4, 0.5) is 5.69 Å². The molecular weight excluding hydrogens is 304 g/mol. The van der Waals surface area contributed by atoms with E-state index in [1.165, 1.54) is 25.7 Å². The van der Waals surface area contributed by atoms with Crippen LogP contribution in [0.25, 0.3) is 0 Å². The van der Waals surface area contributed by atoms with Crippen LogP contribution in [0.2, 0.25) is 0 Å². The molecule has 1 aromatic rings. The molecule has 0 spiro atoms. The molecule has 0 aromatic heterocycles. The van der Waals surface area contributed by atoms with E-state index in [9.17, 15) is 4.79 Å². The van der Waals surface area contributed by atoms with E-state index in [0.29, 0.717) is 11.3 Å². The van der Waals surface area contributed by atoms with Crippen LogP contribution in [0, 0.1) is 12.3 Å². The minimum Gasteiger partial charge on any atom is -0.398 e. The van der Waals surface area contributed by atoms with Gasteiger partial charge in [-0.3, -0.25) is 4.79 Å². The second-order valence-electron chi connectivity index (χ2n) is 5.87. The largest absolute Gasteiger partial charge is 0.398 e. The highest BCUT2D eigenvalue weighted by Crippen LogP contribution is 2.36. The maximum Gasteiger partial charge on any atom is 0.251 e. The zero-order valence-corrected chi connectivity index (χ0v) is 13.1. The van der Waals surface area contributed by atoms with Crippen LogP contribution in [-0.2, 0) is 0 Å². The van der Waals surface area contributed by atoms with E-state index in [1.807, 2.05) is 19.1 Å². The Morgan fingerprint density at radius 2 is 2.05 bits per heavy atom. The molecule has 4 heteroatoms. The van der Waals surface area contributed by atoms with E-state index in [0.717, 1.165) is 16.6 Å². The molecular formula is C15H21BrN2O. The lowest BCUT2D eigenvalue weighted by atomic mass is 9.89. The zero-order chi connectivity index (χ0) is 14.0. The summed E-state index contributed by atoms with van der Waals surface area (Å²) in [4.78, 5) is 12.3. The standard InChI is InChI=1S/C15H21BrN2O/c1-10-12(7-11(16)8-13(10)17)14(19)18-9-15(2)5-3-4-6-15/h7-8H,3-6,9,17H2,1-2H3,(H,18,19). The number of carbonyl (C=O) groups excluding carboxylic acids is 1. The molecule has 1 aliphatic carbocycles. The van der Waals surface area contributed by atoms with Crippen LogP contribution in [0.5, 0.6) is 0 Å². The molecule has 2 rings (SSSR count). The third-order valence-corrected chi connectivity index (χ3v) is 4.60. The summed E-state index contributed by atoms with van der Waals surface area (Å²) < 4.78 is 0.841. The molecule has 1 aromatic carbocycles. The lowest BCUT2D eigenvalue weighted by molar-refractivity contribution is 0.0933. The first-order valence-electron chi connectivity index (χ1n) is 6.75. The maximum absolute atomic E-state index is 12.3. The molecule has 0 atom stereocenters. The second kappa shape index (κ2) is 5.53. The molecule has 0 heterocycles. The van der Waals surface area contributed by atoms with Crippen molar-refractivity contribution in [2.24, 2.45) is 5.41 Å². The summed E-state index contributed by atoms with van der Waals surface area (Å²) in [5, 5.41) is 3.06. The van der Waals surface area contributed by atoms with Gasteiger partial charge >= 0.3 is 0 Å². The Balaban J connectivity index is 2.08. The van der Waals surface area contributed by atoms with Gasteiger partial charge in [0.05, 0.1) is 0 Å². The topological polar surface area (TPSA) is 55.1 Å². The predicted molar refractivity (Wildman–Crippen MR) is 82.2 cm³/mol. The Morgan fingerprint density at radius 3 is 2.68 bits per heavy atom. The van der Waals surface area contributed by atoms with Crippen LogP contribution in [0.1, 0.15) is 48.5 Å². The van der Waals surface area contributed by atoms with Crippen molar-refractivity contribution in [1.82, 2.24) is 5.32 Å². The number of nitrogens with one attached hydrogen (secondary N) is 1. The smallest absolute Gasteiger partial charge is 0.251 e. The van der Waals surface area contributed by atoms with Gasteiger partial charge in [-0.1, -0.05) is 35.7 Å². The Labute approximate surface area is 123 Å². The fraction of sp³-hybridized carbons (Fsp3) is 0.533. The third-order valence-electron chi connectivity index (χ3n) is 4.14. The number of hydrogen-bond acceptors (Lipinski definition) is 2. The van der Waals surface area contributed by atoms with Gasteiger partial charge in [-0.25, -0.2) is 0 Å². The fourth-order valence-corrected chi connectivity index (χ4v) is 3.21. The molecule has 0 unspecified atom stereocenters. The summed E-state index contributed by atoms with van der Waals surface area (Å²) in [6.07, 6.45) is 4.95. The van der Waals surface area contributed by atoms with Crippen LogP contribution < -0.4 is 11.1 Å². The highest BCUT2D eigenvalue weighted by atomic mass is 79.9. The maximum atomic E-state index is 12.3. The van der Waals surface area contributed by atoms with Crippen molar-refractivity contribution in [3.63, 3.8) is 0 Å². The van der Waals surface area contributed by atoms with Gasteiger partial charge in [0.15, 0.2) is 0 Å². The number of benzene rings is 1. The molecule has 0 saturated heterocycles. The van der Waals surface area contributed by atoms with Crippen molar-refractivity contribution in [2.75, 3.05) is 12.3 Å². The second-order valence-corrected chi connectivity index (χ2v) is 6.78. The van der Waals surface area contributed by atoms with Crippen LogP contribution in [-0.4, -0.2) is 12.5 Å². The number of anilines is 1. The van der Waals surface area contributed by atoms with Gasteiger partial charge in [0.1, 0.15) is 0 Å². The summed E-state index contributed by atoms with van der Waals surface area (Å²) >= 11 is 3.38. The summed E-state index contributed by atoms with van der Waals surface area (Å²) in [5.74, 6) is -0.0291. The number of nitrogens with two attached hydrogens (primary N) is 1. The molecule has 104 valence electrons. The number of hydrogen-bond donors (Lipinski definition) is 2. The Morgan fingerprint density at radius 1 is 1.42 bits per heavy atom. The van der Waals surface area contributed by atoms with Crippen LogP contribution >= 0.6 is 15.9 Å². The Bertz CT molecular complexity index is 493. The number of amides is 1. The number of rotatable bonds is 3. The normalized spacial score (nSPS) is 17.4. The minimum absolute atomic E-state index is 0.0291. The van der Waals surface area contributed by atoms with Crippen molar-refractivity contribution >= 4 is 27.5 Å². The lowest BCUT2D eigenvalue weighted by Crippen LogP contribution is -2.34.